The number of halogens is 1. The second kappa shape index (κ2) is 7.86. The van der Waals surface area contributed by atoms with Gasteiger partial charge in [-0.25, -0.2) is 0 Å². The van der Waals surface area contributed by atoms with Crippen LogP contribution >= 0.6 is 15.9 Å². The number of hydrogen-bond acceptors (Lipinski definition) is 1. The Balaban J connectivity index is 2.49. The van der Waals surface area contributed by atoms with Crippen LogP contribution in [0.15, 0.2) is 28.7 Å². The molecule has 1 unspecified atom stereocenters. The summed E-state index contributed by atoms with van der Waals surface area (Å²) >= 11 is 3.47. The van der Waals surface area contributed by atoms with Gasteiger partial charge in [0.25, 0.3) is 0 Å². The zero-order valence-corrected chi connectivity index (χ0v) is 11.9. The molecule has 1 rings (SSSR count). The minimum absolute atomic E-state index is 0.770. The van der Waals surface area contributed by atoms with Gasteiger partial charge >= 0.3 is 0 Å². The third-order valence-corrected chi connectivity index (χ3v) is 3.35. The van der Waals surface area contributed by atoms with Gasteiger partial charge in [-0.1, -0.05) is 48.3 Å². The Morgan fingerprint density at radius 2 is 1.88 bits per heavy atom. The van der Waals surface area contributed by atoms with E-state index in [2.05, 4.69) is 59.4 Å². The third-order valence-electron chi connectivity index (χ3n) is 2.82. The number of benzene rings is 1. The van der Waals surface area contributed by atoms with Crippen molar-refractivity contribution in [3.8, 4) is 0 Å². The average molecular weight is 284 g/mol. The smallest absolute Gasteiger partial charge is 0.0175 e. The minimum atomic E-state index is 0.770. The van der Waals surface area contributed by atoms with Gasteiger partial charge < -0.3 is 5.32 Å². The second-order valence-corrected chi connectivity index (χ2v) is 5.21. The molecule has 0 amide bonds. The molecule has 1 aromatic carbocycles. The predicted octanol–water partition coefficient (Wildman–Crippen LogP) is 4.02. The lowest BCUT2D eigenvalue weighted by Crippen LogP contribution is -2.24. The molecule has 0 aliphatic rings. The van der Waals surface area contributed by atoms with Gasteiger partial charge in [-0.05, 0) is 49.5 Å². The molecule has 0 bridgehead atoms. The highest BCUT2D eigenvalue weighted by atomic mass is 79.9. The molecule has 0 spiro atoms. The molecule has 0 saturated heterocycles. The molecule has 1 atom stereocenters. The summed E-state index contributed by atoms with van der Waals surface area (Å²) in [7, 11) is 0. The second-order valence-electron chi connectivity index (χ2n) is 4.29. The molecule has 0 aliphatic carbocycles. The Morgan fingerprint density at radius 1 is 1.19 bits per heavy atom. The molecule has 0 aliphatic heterocycles. The van der Waals surface area contributed by atoms with E-state index in [1.807, 2.05) is 0 Å². The van der Waals surface area contributed by atoms with Crippen molar-refractivity contribution in [3.05, 3.63) is 34.3 Å². The van der Waals surface area contributed by atoms with E-state index in [0.717, 1.165) is 23.5 Å². The van der Waals surface area contributed by atoms with Crippen LogP contribution in [0.3, 0.4) is 0 Å². The topological polar surface area (TPSA) is 12.0 Å². The quantitative estimate of drug-likeness (QED) is 0.797. The van der Waals surface area contributed by atoms with Crippen molar-refractivity contribution in [2.75, 3.05) is 13.1 Å². The van der Waals surface area contributed by atoms with Crippen LogP contribution in [0, 0.1) is 5.92 Å². The SMILES string of the molecule is CCCC(CNCC)Cc1ccc(Br)cc1. The van der Waals surface area contributed by atoms with Crippen molar-refractivity contribution < 1.29 is 0 Å². The molecule has 1 aromatic rings. The lowest BCUT2D eigenvalue weighted by atomic mass is 9.95. The van der Waals surface area contributed by atoms with Crippen molar-refractivity contribution in [3.63, 3.8) is 0 Å². The van der Waals surface area contributed by atoms with E-state index in [0.29, 0.717) is 0 Å². The maximum absolute atomic E-state index is 3.47. The largest absolute Gasteiger partial charge is 0.317 e. The minimum Gasteiger partial charge on any atom is -0.317 e. The van der Waals surface area contributed by atoms with E-state index in [9.17, 15) is 0 Å². The van der Waals surface area contributed by atoms with E-state index >= 15 is 0 Å². The normalized spacial score (nSPS) is 12.7. The fourth-order valence-corrected chi connectivity index (χ4v) is 2.25. The first-order chi connectivity index (χ1) is 7.76. The van der Waals surface area contributed by atoms with Crippen LogP contribution in [0.2, 0.25) is 0 Å². The summed E-state index contributed by atoms with van der Waals surface area (Å²) < 4.78 is 1.16. The zero-order chi connectivity index (χ0) is 11.8. The fraction of sp³-hybridized carbons (Fsp3) is 0.571. The standard InChI is InChI=1S/C14H22BrN/c1-3-5-13(11-16-4-2)10-12-6-8-14(15)9-7-12/h6-9,13,16H,3-5,10-11H2,1-2H3. The summed E-state index contributed by atoms with van der Waals surface area (Å²) in [6.07, 6.45) is 3.77. The van der Waals surface area contributed by atoms with E-state index in [4.69, 9.17) is 0 Å². The molecule has 0 fully saturated rings. The van der Waals surface area contributed by atoms with Crippen molar-refractivity contribution in [1.82, 2.24) is 5.32 Å². The first kappa shape index (κ1) is 13.7. The van der Waals surface area contributed by atoms with Gasteiger partial charge in [0.05, 0.1) is 0 Å². The highest BCUT2D eigenvalue weighted by Gasteiger charge is 2.07. The van der Waals surface area contributed by atoms with Crippen molar-refractivity contribution in [1.29, 1.82) is 0 Å². The number of hydrogen-bond donors (Lipinski definition) is 1. The van der Waals surface area contributed by atoms with Gasteiger partial charge in [-0.2, -0.15) is 0 Å². The zero-order valence-electron chi connectivity index (χ0n) is 10.3. The average Bonchev–Trinajstić information content (AvgIpc) is 2.29. The van der Waals surface area contributed by atoms with Crippen LogP contribution < -0.4 is 5.32 Å². The summed E-state index contributed by atoms with van der Waals surface area (Å²) in [5.41, 5.74) is 1.44. The molecule has 1 nitrogen and oxygen atoms in total. The van der Waals surface area contributed by atoms with Crippen LogP contribution in [-0.2, 0) is 6.42 Å². The molecule has 2 heteroatoms. The molecule has 16 heavy (non-hydrogen) atoms. The third kappa shape index (κ3) is 5.13. The summed E-state index contributed by atoms with van der Waals surface area (Å²) in [5, 5.41) is 3.46. The summed E-state index contributed by atoms with van der Waals surface area (Å²) in [4.78, 5) is 0. The number of nitrogens with one attached hydrogen (secondary N) is 1. The maximum atomic E-state index is 3.47. The Bertz CT molecular complexity index is 281. The van der Waals surface area contributed by atoms with Gasteiger partial charge in [0, 0.05) is 4.47 Å². The lowest BCUT2D eigenvalue weighted by molar-refractivity contribution is 0.444. The Labute approximate surface area is 108 Å². The highest BCUT2D eigenvalue weighted by Crippen LogP contribution is 2.16. The van der Waals surface area contributed by atoms with Crippen LogP contribution in [0.1, 0.15) is 32.3 Å². The van der Waals surface area contributed by atoms with Crippen LogP contribution in [0.5, 0.6) is 0 Å². The van der Waals surface area contributed by atoms with Gasteiger partial charge in [-0.3, -0.25) is 0 Å². The van der Waals surface area contributed by atoms with Gasteiger partial charge in [0.2, 0.25) is 0 Å². The van der Waals surface area contributed by atoms with Crippen LogP contribution in [0.25, 0.3) is 0 Å². The Hall–Kier alpha value is -0.340. The molecule has 90 valence electrons. The lowest BCUT2D eigenvalue weighted by Gasteiger charge is -2.16. The van der Waals surface area contributed by atoms with Gasteiger partial charge in [-0.15, -0.1) is 0 Å². The Kier molecular flexibility index (Phi) is 6.74. The molecule has 0 heterocycles. The van der Waals surface area contributed by atoms with E-state index in [1.165, 1.54) is 24.8 Å². The number of rotatable bonds is 7. The van der Waals surface area contributed by atoms with Crippen LogP contribution in [0.4, 0.5) is 0 Å². The van der Waals surface area contributed by atoms with Crippen molar-refractivity contribution >= 4 is 15.9 Å². The summed E-state index contributed by atoms with van der Waals surface area (Å²) in [5.74, 6) is 0.770. The molecular weight excluding hydrogens is 262 g/mol. The first-order valence-corrected chi connectivity index (χ1v) is 7.00. The maximum Gasteiger partial charge on any atom is 0.0175 e. The molecular formula is C14H22BrN. The monoisotopic (exact) mass is 283 g/mol. The Morgan fingerprint density at radius 3 is 2.44 bits per heavy atom. The van der Waals surface area contributed by atoms with Gasteiger partial charge in [0.1, 0.15) is 0 Å². The van der Waals surface area contributed by atoms with E-state index in [-0.39, 0.29) is 0 Å². The fourth-order valence-electron chi connectivity index (χ4n) is 1.99. The molecule has 0 aromatic heterocycles. The molecule has 0 saturated carbocycles. The molecule has 1 N–H and O–H groups in total. The van der Waals surface area contributed by atoms with E-state index < -0.39 is 0 Å². The van der Waals surface area contributed by atoms with Gasteiger partial charge in [0.15, 0.2) is 0 Å². The van der Waals surface area contributed by atoms with Crippen molar-refractivity contribution in [2.45, 2.75) is 33.1 Å². The summed E-state index contributed by atoms with van der Waals surface area (Å²) in [6.45, 7) is 6.64. The van der Waals surface area contributed by atoms with Crippen molar-refractivity contribution in [2.24, 2.45) is 5.92 Å². The first-order valence-electron chi connectivity index (χ1n) is 6.21. The summed E-state index contributed by atoms with van der Waals surface area (Å²) in [6, 6.07) is 8.70. The van der Waals surface area contributed by atoms with Crippen LogP contribution in [-0.4, -0.2) is 13.1 Å². The highest BCUT2D eigenvalue weighted by molar-refractivity contribution is 9.10. The molecule has 0 radical (unpaired) electrons. The van der Waals surface area contributed by atoms with E-state index in [1.54, 1.807) is 0 Å². The predicted molar refractivity (Wildman–Crippen MR) is 74.8 cm³/mol.